The Bertz CT molecular complexity index is 581. The van der Waals surface area contributed by atoms with Crippen molar-refractivity contribution in [3.63, 3.8) is 0 Å². The van der Waals surface area contributed by atoms with Crippen LogP contribution in [0.5, 0.6) is 0 Å². The van der Waals surface area contributed by atoms with E-state index in [0.717, 1.165) is 4.68 Å². The highest BCUT2D eigenvalue weighted by Crippen LogP contribution is 2.24. The molecule has 0 fully saturated rings. The highest BCUT2D eigenvalue weighted by molar-refractivity contribution is 14.1. The molecule has 1 heterocycles. The number of carbonyl (C=O) groups is 1. The number of rotatable bonds is 2. The molecule has 0 radical (unpaired) electrons. The van der Waals surface area contributed by atoms with Gasteiger partial charge in [-0.25, -0.2) is 4.79 Å². The quantitative estimate of drug-likeness (QED) is 0.709. The van der Waals surface area contributed by atoms with E-state index in [1.165, 1.54) is 6.07 Å². The van der Waals surface area contributed by atoms with Crippen molar-refractivity contribution in [2.24, 2.45) is 0 Å². The molecule has 0 aliphatic carbocycles. The number of benzene rings is 1. The van der Waals surface area contributed by atoms with E-state index in [1.807, 2.05) is 22.6 Å². The largest absolute Gasteiger partial charge is 0.463 e. The summed E-state index contributed by atoms with van der Waals surface area (Å²) in [5.41, 5.74) is 0.853. The zero-order valence-electron chi connectivity index (χ0n) is 8.54. The highest BCUT2D eigenvalue weighted by Gasteiger charge is 2.15. The van der Waals surface area contributed by atoms with Gasteiger partial charge in [-0.1, -0.05) is 6.07 Å². The normalized spacial score (nSPS) is 12.9. The van der Waals surface area contributed by atoms with Crippen molar-refractivity contribution < 1.29 is 20.1 Å². The van der Waals surface area contributed by atoms with Crippen molar-refractivity contribution >= 4 is 39.6 Å². The molecule has 1 aromatic heterocycles. The van der Waals surface area contributed by atoms with Crippen LogP contribution in [0.3, 0.4) is 0 Å². The lowest BCUT2D eigenvalue weighted by Gasteiger charge is -2.07. The third kappa shape index (κ3) is 2.13. The molecule has 1 unspecified atom stereocenters. The molecule has 6 nitrogen and oxygen atoms in total. The van der Waals surface area contributed by atoms with Gasteiger partial charge < -0.3 is 15.3 Å². The number of carboxylic acid groups (broad SMARTS) is 1. The number of aromatic nitrogens is 2. The van der Waals surface area contributed by atoms with Crippen LogP contribution in [0.2, 0.25) is 0 Å². The third-order valence-corrected chi connectivity index (χ3v) is 3.20. The second-order valence-electron chi connectivity index (χ2n) is 3.46. The van der Waals surface area contributed by atoms with Gasteiger partial charge >= 0.3 is 6.09 Å². The number of hydrogen-bond acceptors (Lipinski definition) is 4. The summed E-state index contributed by atoms with van der Waals surface area (Å²) in [6.45, 7) is -0.413. The Morgan fingerprint density at radius 2 is 2.24 bits per heavy atom. The standard InChI is InChI=1S/C10H9IN2O4/c11-9-6-2-1-5(8(15)4-14)3-7(6)13(12-9)10(16)17/h1-3,8,14-15H,4H2,(H,16,17). The van der Waals surface area contributed by atoms with E-state index in [-0.39, 0.29) is 0 Å². The van der Waals surface area contributed by atoms with Gasteiger partial charge in [-0.15, -0.1) is 0 Å². The molecule has 2 rings (SSSR count). The summed E-state index contributed by atoms with van der Waals surface area (Å²) in [6, 6.07) is 4.83. The van der Waals surface area contributed by atoms with Gasteiger partial charge in [0.25, 0.3) is 0 Å². The fourth-order valence-corrected chi connectivity index (χ4v) is 2.22. The molecule has 0 bridgehead atoms. The molecule has 0 saturated carbocycles. The molecule has 2 aromatic rings. The van der Waals surface area contributed by atoms with Crippen LogP contribution < -0.4 is 0 Å². The molecule has 0 amide bonds. The van der Waals surface area contributed by atoms with Crippen molar-refractivity contribution in [2.75, 3.05) is 6.61 Å². The Kier molecular flexibility index (Phi) is 3.31. The first-order valence-corrected chi connectivity index (χ1v) is 5.83. The Morgan fingerprint density at radius 3 is 2.82 bits per heavy atom. The number of aliphatic hydroxyl groups excluding tert-OH is 2. The molecule has 0 spiro atoms. The summed E-state index contributed by atoms with van der Waals surface area (Å²) in [7, 11) is 0. The fourth-order valence-electron chi connectivity index (χ4n) is 1.55. The molecule has 3 N–H and O–H groups in total. The van der Waals surface area contributed by atoms with Gasteiger partial charge in [-0.3, -0.25) is 0 Å². The monoisotopic (exact) mass is 348 g/mol. The summed E-state index contributed by atoms with van der Waals surface area (Å²) in [6.07, 6.45) is -2.21. The second-order valence-corrected chi connectivity index (χ2v) is 4.48. The Morgan fingerprint density at radius 1 is 1.53 bits per heavy atom. The molecule has 1 atom stereocenters. The minimum absolute atomic E-state index is 0.395. The number of nitrogens with zero attached hydrogens (tertiary/aromatic N) is 2. The average Bonchev–Trinajstić information content (AvgIpc) is 2.65. The molecular formula is C10H9IN2O4. The van der Waals surface area contributed by atoms with Crippen molar-refractivity contribution in [3.8, 4) is 0 Å². The van der Waals surface area contributed by atoms with Crippen LogP contribution >= 0.6 is 22.6 Å². The number of halogens is 1. The predicted octanol–water partition coefficient (Wildman–Crippen LogP) is 1.19. The number of fused-ring (bicyclic) bond motifs is 1. The first kappa shape index (κ1) is 12.3. The summed E-state index contributed by atoms with van der Waals surface area (Å²) in [4.78, 5) is 11.0. The van der Waals surface area contributed by atoms with Crippen LogP contribution in [0.25, 0.3) is 10.9 Å². The van der Waals surface area contributed by atoms with Gasteiger partial charge in [0.2, 0.25) is 0 Å². The lowest BCUT2D eigenvalue weighted by Crippen LogP contribution is -2.10. The first-order valence-electron chi connectivity index (χ1n) is 4.75. The molecule has 90 valence electrons. The first-order chi connectivity index (χ1) is 8.04. The van der Waals surface area contributed by atoms with Crippen molar-refractivity contribution in [1.29, 1.82) is 0 Å². The molecule has 0 aliphatic heterocycles. The van der Waals surface area contributed by atoms with E-state index in [0.29, 0.717) is 20.2 Å². The van der Waals surface area contributed by atoms with Crippen LogP contribution in [-0.4, -0.2) is 37.8 Å². The van der Waals surface area contributed by atoms with Gasteiger partial charge in [0, 0.05) is 5.39 Å². The maximum atomic E-state index is 11.0. The lowest BCUT2D eigenvalue weighted by atomic mass is 10.1. The van der Waals surface area contributed by atoms with E-state index in [9.17, 15) is 9.90 Å². The van der Waals surface area contributed by atoms with Gasteiger partial charge in [0.15, 0.2) is 0 Å². The van der Waals surface area contributed by atoms with E-state index >= 15 is 0 Å². The minimum Gasteiger partial charge on any atom is -0.463 e. The van der Waals surface area contributed by atoms with E-state index in [1.54, 1.807) is 12.1 Å². The van der Waals surface area contributed by atoms with Crippen LogP contribution in [-0.2, 0) is 0 Å². The van der Waals surface area contributed by atoms with Crippen molar-refractivity contribution in [2.45, 2.75) is 6.10 Å². The molecular weight excluding hydrogens is 339 g/mol. The average molecular weight is 348 g/mol. The number of hydrogen-bond donors (Lipinski definition) is 3. The Balaban J connectivity index is 2.66. The lowest BCUT2D eigenvalue weighted by molar-refractivity contribution is 0.0957. The zero-order valence-corrected chi connectivity index (χ0v) is 10.7. The zero-order chi connectivity index (χ0) is 12.6. The van der Waals surface area contributed by atoms with Crippen LogP contribution in [0.4, 0.5) is 4.79 Å². The molecule has 1 aromatic carbocycles. The van der Waals surface area contributed by atoms with Crippen LogP contribution in [0, 0.1) is 3.70 Å². The topological polar surface area (TPSA) is 95.6 Å². The maximum Gasteiger partial charge on any atom is 0.432 e. The number of aliphatic hydroxyl groups is 2. The maximum absolute atomic E-state index is 11.0. The SMILES string of the molecule is O=C(O)n1nc(I)c2ccc(C(O)CO)cc21. The molecule has 7 heteroatoms. The third-order valence-electron chi connectivity index (χ3n) is 2.40. The highest BCUT2D eigenvalue weighted by atomic mass is 127. The predicted molar refractivity (Wildman–Crippen MR) is 67.9 cm³/mol. The van der Waals surface area contributed by atoms with Gasteiger partial charge in [0.1, 0.15) is 9.80 Å². The molecule has 0 aliphatic rings. The fraction of sp³-hybridized carbons (Fsp3) is 0.200. The van der Waals surface area contributed by atoms with Gasteiger partial charge in [-0.05, 0) is 40.3 Å². The van der Waals surface area contributed by atoms with Crippen molar-refractivity contribution in [1.82, 2.24) is 9.78 Å². The summed E-state index contributed by atoms with van der Waals surface area (Å²) >= 11 is 1.94. The summed E-state index contributed by atoms with van der Waals surface area (Å²) in [5, 5.41) is 31.9. The van der Waals surface area contributed by atoms with Crippen molar-refractivity contribution in [3.05, 3.63) is 27.5 Å². The van der Waals surface area contributed by atoms with E-state index < -0.39 is 18.8 Å². The Hall–Kier alpha value is -1.19. The van der Waals surface area contributed by atoms with Crippen LogP contribution in [0.15, 0.2) is 18.2 Å². The van der Waals surface area contributed by atoms with Gasteiger partial charge in [0.05, 0.1) is 12.1 Å². The summed E-state index contributed by atoms with van der Waals surface area (Å²) in [5.74, 6) is 0. The summed E-state index contributed by atoms with van der Waals surface area (Å²) < 4.78 is 1.43. The Labute approximate surface area is 110 Å². The van der Waals surface area contributed by atoms with E-state index in [4.69, 9.17) is 10.2 Å². The molecule has 17 heavy (non-hydrogen) atoms. The van der Waals surface area contributed by atoms with Gasteiger partial charge in [-0.2, -0.15) is 9.78 Å². The van der Waals surface area contributed by atoms with Crippen LogP contribution in [0.1, 0.15) is 11.7 Å². The molecule has 0 saturated heterocycles. The smallest absolute Gasteiger partial charge is 0.432 e. The second kappa shape index (κ2) is 4.59. The van der Waals surface area contributed by atoms with E-state index in [2.05, 4.69) is 5.10 Å². The minimum atomic E-state index is -1.19.